The Bertz CT molecular complexity index is 510. The number of aryl methyl sites for hydroxylation is 1. The summed E-state index contributed by atoms with van der Waals surface area (Å²) < 4.78 is 32.6. The maximum absolute atomic E-state index is 13.8. The first-order valence-corrected chi connectivity index (χ1v) is 7.63. The van der Waals surface area contributed by atoms with Crippen molar-refractivity contribution < 1.29 is 18.3 Å². The van der Waals surface area contributed by atoms with E-state index in [1.807, 2.05) is 38.1 Å². The highest BCUT2D eigenvalue weighted by Gasteiger charge is 2.30. The number of halogens is 2. The SMILES string of the molecule is Cc1ccc(C(C)NCC(F)(F)CNC(=O)OC(C)(C)C)cc1. The van der Waals surface area contributed by atoms with Crippen LogP contribution >= 0.6 is 0 Å². The van der Waals surface area contributed by atoms with E-state index in [4.69, 9.17) is 4.74 Å². The van der Waals surface area contributed by atoms with Crippen molar-refractivity contribution >= 4 is 6.09 Å². The summed E-state index contributed by atoms with van der Waals surface area (Å²) in [5.41, 5.74) is 1.34. The van der Waals surface area contributed by atoms with Gasteiger partial charge in [-0.2, -0.15) is 0 Å². The third-order valence-electron chi connectivity index (χ3n) is 3.13. The number of carbonyl (C=O) groups is 1. The molecule has 2 N–H and O–H groups in total. The molecule has 4 nitrogen and oxygen atoms in total. The Morgan fingerprint density at radius 1 is 1.17 bits per heavy atom. The lowest BCUT2D eigenvalue weighted by atomic mass is 10.1. The Balaban J connectivity index is 2.42. The van der Waals surface area contributed by atoms with E-state index in [1.54, 1.807) is 20.8 Å². The first kappa shape index (κ1) is 19.4. The van der Waals surface area contributed by atoms with E-state index in [1.165, 1.54) is 0 Å². The zero-order chi connectivity index (χ0) is 17.7. The molecule has 6 heteroatoms. The van der Waals surface area contributed by atoms with Crippen LogP contribution in [0.4, 0.5) is 13.6 Å². The fourth-order valence-corrected chi connectivity index (χ4v) is 1.85. The van der Waals surface area contributed by atoms with Gasteiger partial charge in [-0.25, -0.2) is 13.6 Å². The third kappa shape index (κ3) is 7.93. The van der Waals surface area contributed by atoms with Gasteiger partial charge >= 0.3 is 6.09 Å². The van der Waals surface area contributed by atoms with E-state index in [0.29, 0.717) is 0 Å². The van der Waals surface area contributed by atoms with Crippen molar-refractivity contribution in [3.05, 3.63) is 35.4 Å². The predicted molar refractivity (Wildman–Crippen MR) is 86.8 cm³/mol. The molecule has 0 spiro atoms. The molecule has 1 unspecified atom stereocenters. The Morgan fingerprint density at radius 2 is 1.74 bits per heavy atom. The Morgan fingerprint density at radius 3 is 2.26 bits per heavy atom. The minimum absolute atomic E-state index is 0.206. The van der Waals surface area contributed by atoms with Crippen molar-refractivity contribution in [2.45, 2.75) is 52.2 Å². The van der Waals surface area contributed by atoms with Gasteiger partial charge in [0.1, 0.15) is 5.60 Å². The van der Waals surface area contributed by atoms with Gasteiger partial charge in [-0.1, -0.05) is 29.8 Å². The van der Waals surface area contributed by atoms with Crippen LogP contribution < -0.4 is 10.6 Å². The van der Waals surface area contributed by atoms with Crippen LogP contribution in [0.1, 0.15) is 44.9 Å². The molecule has 0 saturated heterocycles. The number of carbonyl (C=O) groups excluding carboxylic acids is 1. The molecule has 23 heavy (non-hydrogen) atoms. The monoisotopic (exact) mass is 328 g/mol. The molecule has 0 aromatic heterocycles. The van der Waals surface area contributed by atoms with E-state index in [0.717, 1.165) is 11.1 Å². The van der Waals surface area contributed by atoms with Gasteiger partial charge < -0.3 is 15.4 Å². The van der Waals surface area contributed by atoms with Gasteiger partial charge in [0, 0.05) is 6.04 Å². The van der Waals surface area contributed by atoms with Crippen molar-refractivity contribution in [2.24, 2.45) is 0 Å². The number of amides is 1. The fourth-order valence-electron chi connectivity index (χ4n) is 1.85. The van der Waals surface area contributed by atoms with Crippen LogP contribution in [0.2, 0.25) is 0 Å². The van der Waals surface area contributed by atoms with E-state index >= 15 is 0 Å². The first-order chi connectivity index (χ1) is 10.5. The maximum atomic E-state index is 13.8. The van der Waals surface area contributed by atoms with Crippen molar-refractivity contribution in [3.63, 3.8) is 0 Å². The van der Waals surface area contributed by atoms with Crippen molar-refractivity contribution in [3.8, 4) is 0 Å². The van der Waals surface area contributed by atoms with E-state index in [-0.39, 0.29) is 6.04 Å². The molecule has 1 atom stereocenters. The van der Waals surface area contributed by atoms with E-state index in [2.05, 4.69) is 10.6 Å². The van der Waals surface area contributed by atoms with Gasteiger partial charge in [0.25, 0.3) is 5.92 Å². The van der Waals surface area contributed by atoms with Gasteiger partial charge in [0.15, 0.2) is 0 Å². The molecule has 1 aromatic rings. The summed E-state index contributed by atoms with van der Waals surface area (Å²) in [7, 11) is 0. The van der Waals surface area contributed by atoms with Crippen LogP contribution in [0.25, 0.3) is 0 Å². The Hall–Kier alpha value is -1.69. The predicted octanol–water partition coefficient (Wildman–Crippen LogP) is 3.81. The number of alkyl halides is 2. The minimum Gasteiger partial charge on any atom is -0.444 e. The lowest BCUT2D eigenvalue weighted by molar-refractivity contribution is -0.00525. The summed E-state index contributed by atoms with van der Waals surface area (Å²) in [5.74, 6) is -3.06. The molecule has 0 aliphatic rings. The molecule has 0 bridgehead atoms. The molecule has 0 aliphatic carbocycles. The molecule has 0 saturated carbocycles. The quantitative estimate of drug-likeness (QED) is 0.835. The first-order valence-electron chi connectivity index (χ1n) is 7.63. The molecular weight excluding hydrogens is 302 g/mol. The second kappa shape index (κ2) is 7.73. The van der Waals surface area contributed by atoms with Crippen LogP contribution in [0.3, 0.4) is 0 Å². The van der Waals surface area contributed by atoms with Crippen molar-refractivity contribution in [1.82, 2.24) is 10.6 Å². The van der Waals surface area contributed by atoms with Gasteiger partial charge in [-0.3, -0.25) is 0 Å². The van der Waals surface area contributed by atoms with Crippen LogP contribution in [-0.2, 0) is 4.74 Å². The molecule has 0 heterocycles. The van der Waals surface area contributed by atoms with E-state index < -0.39 is 30.7 Å². The molecular formula is C17H26F2N2O2. The molecule has 130 valence electrons. The Labute approximate surface area is 136 Å². The second-order valence-corrected chi connectivity index (χ2v) is 6.72. The number of nitrogens with one attached hydrogen (secondary N) is 2. The topological polar surface area (TPSA) is 50.4 Å². The molecule has 0 radical (unpaired) electrons. The van der Waals surface area contributed by atoms with Crippen LogP contribution in [0.5, 0.6) is 0 Å². The van der Waals surface area contributed by atoms with Crippen molar-refractivity contribution in [1.29, 1.82) is 0 Å². The molecule has 0 fully saturated rings. The highest BCUT2D eigenvalue weighted by molar-refractivity contribution is 5.67. The summed E-state index contributed by atoms with van der Waals surface area (Å²) in [6, 6.07) is 7.49. The molecule has 1 aromatic carbocycles. The molecule has 1 amide bonds. The number of rotatable bonds is 6. The zero-order valence-corrected chi connectivity index (χ0v) is 14.4. The van der Waals surface area contributed by atoms with Crippen molar-refractivity contribution in [2.75, 3.05) is 13.1 Å². The zero-order valence-electron chi connectivity index (χ0n) is 14.4. The summed E-state index contributed by atoms with van der Waals surface area (Å²) in [6.45, 7) is 7.52. The largest absolute Gasteiger partial charge is 0.444 e. The number of ether oxygens (including phenoxy) is 1. The summed E-state index contributed by atoms with van der Waals surface area (Å²) in [6.07, 6.45) is -0.844. The minimum atomic E-state index is -3.06. The standard InChI is InChI=1S/C17H26F2N2O2/c1-12-6-8-14(9-7-12)13(2)20-10-17(18,19)11-21-15(22)23-16(3,4)5/h6-9,13,20H,10-11H2,1-5H3,(H,21,22). The average molecular weight is 328 g/mol. The van der Waals surface area contributed by atoms with Gasteiger partial charge in [-0.05, 0) is 40.2 Å². The number of alkyl carbamates (subject to hydrolysis) is 1. The summed E-state index contributed by atoms with van der Waals surface area (Å²) >= 11 is 0. The van der Waals surface area contributed by atoms with Gasteiger partial charge in [-0.15, -0.1) is 0 Å². The van der Waals surface area contributed by atoms with Crippen LogP contribution in [0.15, 0.2) is 24.3 Å². The summed E-state index contributed by atoms with van der Waals surface area (Å²) in [5, 5.41) is 4.89. The lowest BCUT2D eigenvalue weighted by Crippen LogP contribution is -2.45. The van der Waals surface area contributed by atoms with Gasteiger partial charge in [0.2, 0.25) is 0 Å². The second-order valence-electron chi connectivity index (χ2n) is 6.72. The number of hydrogen-bond donors (Lipinski definition) is 2. The van der Waals surface area contributed by atoms with Crippen LogP contribution in [0, 0.1) is 6.92 Å². The normalized spacial score (nSPS) is 13.5. The third-order valence-corrected chi connectivity index (χ3v) is 3.13. The van der Waals surface area contributed by atoms with E-state index in [9.17, 15) is 13.6 Å². The summed E-state index contributed by atoms with van der Waals surface area (Å²) in [4.78, 5) is 11.4. The smallest absolute Gasteiger partial charge is 0.407 e. The lowest BCUT2D eigenvalue weighted by Gasteiger charge is -2.23. The maximum Gasteiger partial charge on any atom is 0.407 e. The average Bonchev–Trinajstić information content (AvgIpc) is 2.42. The Kier molecular flexibility index (Phi) is 6.50. The molecule has 1 rings (SSSR count). The fraction of sp³-hybridized carbons (Fsp3) is 0.588. The molecule has 0 aliphatic heterocycles. The van der Waals surface area contributed by atoms with Gasteiger partial charge in [0.05, 0.1) is 13.1 Å². The highest BCUT2D eigenvalue weighted by atomic mass is 19.3. The van der Waals surface area contributed by atoms with Crippen LogP contribution in [-0.4, -0.2) is 30.7 Å². The number of hydrogen-bond acceptors (Lipinski definition) is 3. The highest BCUT2D eigenvalue weighted by Crippen LogP contribution is 2.17. The number of benzene rings is 1.